The van der Waals surface area contributed by atoms with E-state index < -0.39 is 0 Å². The molecule has 1 rings (SSSR count). The number of hydrogen-bond donors (Lipinski definition) is 1. The van der Waals surface area contributed by atoms with Gasteiger partial charge in [-0.3, -0.25) is 9.59 Å². The number of carbonyl (C=O) groups is 2. The Hall–Kier alpha value is -1.84. The van der Waals surface area contributed by atoms with Gasteiger partial charge in [-0.25, -0.2) is 0 Å². The standard InChI is InChI=1S/C18H28N2O2/c1-5-6-7-11-19-18(22)10-12-20(16(4)21)17-9-8-14(2)15(3)13-17/h8-9,13H,5-7,10-12H2,1-4H3,(H,19,22). The van der Waals surface area contributed by atoms with Gasteiger partial charge in [-0.2, -0.15) is 0 Å². The van der Waals surface area contributed by atoms with Crippen LogP contribution in [0.1, 0.15) is 50.7 Å². The molecule has 0 aliphatic carbocycles. The summed E-state index contributed by atoms with van der Waals surface area (Å²) >= 11 is 0. The lowest BCUT2D eigenvalue weighted by Gasteiger charge is -2.22. The molecule has 1 aromatic rings. The Bertz CT molecular complexity index is 512. The lowest BCUT2D eigenvalue weighted by molar-refractivity contribution is -0.121. The van der Waals surface area contributed by atoms with Gasteiger partial charge in [-0.05, 0) is 43.5 Å². The van der Waals surface area contributed by atoms with Crippen molar-refractivity contribution in [2.24, 2.45) is 0 Å². The zero-order chi connectivity index (χ0) is 16.5. The third kappa shape index (κ3) is 5.88. The van der Waals surface area contributed by atoms with Gasteiger partial charge in [0.25, 0.3) is 0 Å². The fraction of sp³-hybridized carbons (Fsp3) is 0.556. The van der Waals surface area contributed by atoms with Gasteiger partial charge in [0.15, 0.2) is 0 Å². The molecule has 0 aromatic heterocycles. The zero-order valence-corrected chi connectivity index (χ0v) is 14.2. The predicted octanol–water partition coefficient (Wildman–Crippen LogP) is 3.35. The summed E-state index contributed by atoms with van der Waals surface area (Å²) in [6.07, 6.45) is 3.61. The number of carbonyl (C=O) groups excluding carboxylic acids is 2. The molecule has 122 valence electrons. The zero-order valence-electron chi connectivity index (χ0n) is 14.2. The molecule has 1 aromatic carbocycles. The highest BCUT2D eigenvalue weighted by Gasteiger charge is 2.13. The highest BCUT2D eigenvalue weighted by molar-refractivity contribution is 5.92. The summed E-state index contributed by atoms with van der Waals surface area (Å²) in [7, 11) is 0. The molecule has 0 radical (unpaired) electrons. The fourth-order valence-electron chi connectivity index (χ4n) is 2.27. The number of nitrogens with zero attached hydrogens (tertiary/aromatic N) is 1. The average molecular weight is 304 g/mol. The summed E-state index contributed by atoms with van der Waals surface area (Å²) in [6, 6.07) is 5.93. The van der Waals surface area contributed by atoms with Crippen molar-refractivity contribution < 1.29 is 9.59 Å². The van der Waals surface area contributed by atoms with Crippen LogP contribution in [0.3, 0.4) is 0 Å². The molecule has 0 heterocycles. The van der Waals surface area contributed by atoms with Crippen molar-refractivity contribution in [1.29, 1.82) is 0 Å². The van der Waals surface area contributed by atoms with Gasteiger partial charge >= 0.3 is 0 Å². The highest BCUT2D eigenvalue weighted by atomic mass is 16.2. The van der Waals surface area contributed by atoms with E-state index in [9.17, 15) is 9.59 Å². The number of unbranched alkanes of at least 4 members (excludes halogenated alkanes) is 2. The first-order valence-electron chi connectivity index (χ1n) is 8.07. The van der Waals surface area contributed by atoms with E-state index in [-0.39, 0.29) is 11.8 Å². The van der Waals surface area contributed by atoms with Gasteiger partial charge in [0.05, 0.1) is 0 Å². The largest absolute Gasteiger partial charge is 0.356 e. The van der Waals surface area contributed by atoms with E-state index in [1.807, 2.05) is 32.0 Å². The maximum Gasteiger partial charge on any atom is 0.223 e. The van der Waals surface area contributed by atoms with E-state index in [1.165, 1.54) is 12.5 Å². The van der Waals surface area contributed by atoms with Gasteiger partial charge in [-0.1, -0.05) is 25.8 Å². The second kappa shape index (κ2) is 9.23. The van der Waals surface area contributed by atoms with Crippen LogP contribution in [0.25, 0.3) is 0 Å². The van der Waals surface area contributed by atoms with Crippen molar-refractivity contribution in [3.8, 4) is 0 Å². The molecule has 0 aliphatic heterocycles. The van der Waals surface area contributed by atoms with Gasteiger partial charge in [-0.15, -0.1) is 0 Å². The molecule has 0 bridgehead atoms. The number of rotatable bonds is 8. The predicted molar refractivity (Wildman–Crippen MR) is 91.1 cm³/mol. The van der Waals surface area contributed by atoms with E-state index in [4.69, 9.17) is 0 Å². The van der Waals surface area contributed by atoms with Gasteiger partial charge in [0.1, 0.15) is 0 Å². The molecule has 0 spiro atoms. The molecular weight excluding hydrogens is 276 g/mol. The summed E-state index contributed by atoms with van der Waals surface area (Å²) in [6.45, 7) is 8.87. The third-order valence-electron chi connectivity index (χ3n) is 3.85. The average Bonchev–Trinajstić information content (AvgIpc) is 2.47. The van der Waals surface area contributed by atoms with Crippen LogP contribution in [0.5, 0.6) is 0 Å². The fourth-order valence-corrected chi connectivity index (χ4v) is 2.27. The molecule has 4 nitrogen and oxygen atoms in total. The Labute approximate surface area is 133 Å². The van der Waals surface area contributed by atoms with Crippen molar-refractivity contribution in [3.63, 3.8) is 0 Å². The van der Waals surface area contributed by atoms with Crippen LogP contribution in [0.4, 0.5) is 5.69 Å². The van der Waals surface area contributed by atoms with Gasteiger partial charge in [0, 0.05) is 32.1 Å². The van der Waals surface area contributed by atoms with Crippen LogP contribution in [0.2, 0.25) is 0 Å². The molecule has 2 amide bonds. The van der Waals surface area contributed by atoms with E-state index in [0.29, 0.717) is 13.0 Å². The normalized spacial score (nSPS) is 10.4. The van der Waals surface area contributed by atoms with Gasteiger partial charge in [0.2, 0.25) is 11.8 Å². The van der Waals surface area contributed by atoms with E-state index in [0.717, 1.165) is 37.1 Å². The second-order valence-electron chi connectivity index (χ2n) is 5.75. The lowest BCUT2D eigenvalue weighted by atomic mass is 10.1. The molecule has 1 N–H and O–H groups in total. The SMILES string of the molecule is CCCCCNC(=O)CCN(C(C)=O)c1ccc(C)c(C)c1. The van der Waals surface area contributed by atoms with Crippen molar-refractivity contribution in [2.45, 2.75) is 53.4 Å². The van der Waals surface area contributed by atoms with Crippen LogP contribution in [-0.4, -0.2) is 24.9 Å². The first-order chi connectivity index (χ1) is 10.5. The highest BCUT2D eigenvalue weighted by Crippen LogP contribution is 2.19. The monoisotopic (exact) mass is 304 g/mol. The Morgan fingerprint density at radius 2 is 1.86 bits per heavy atom. The molecule has 4 heteroatoms. The summed E-state index contributed by atoms with van der Waals surface area (Å²) in [5.74, 6) is -0.0341. The number of anilines is 1. The smallest absolute Gasteiger partial charge is 0.223 e. The van der Waals surface area contributed by atoms with Crippen molar-refractivity contribution in [3.05, 3.63) is 29.3 Å². The lowest BCUT2D eigenvalue weighted by Crippen LogP contribution is -2.34. The van der Waals surface area contributed by atoms with Crippen LogP contribution in [0.15, 0.2) is 18.2 Å². The Morgan fingerprint density at radius 1 is 1.14 bits per heavy atom. The Morgan fingerprint density at radius 3 is 2.45 bits per heavy atom. The number of amides is 2. The first-order valence-corrected chi connectivity index (χ1v) is 8.07. The van der Waals surface area contributed by atoms with Crippen LogP contribution in [-0.2, 0) is 9.59 Å². The number of hydrogen-bond acceptors (Lipinski definition) is 2. The number of benzene rings is 1. The van der Waals surface area contributed by atoms with Gasteiger partial charge < -0.3 is 10.2 Å². The quantitative estimate of drug-likeness (QED) is 0.749. The molecule has 0 saturated carbocycles. The minimum Gasteiger partial charge on any atom is -0.356 e. The van der Waals surface area contributed by atoms with E-state index >= 15 is 0 Å². The van der Waals surface area contributed by atoms with Crippen molar-refractivity contribution in [2.75, 3.05) is 18.0 Å². The maximum atomic E-state index is 11.8. The molecule has 0 fully saturated rings. The number of aryl methyl sites for hydroxylation is 2. The van der Waals surface area contributed by atoms with Crippen LogP contribution >= 0.6 is 0 Å². The first kappa shape index (κ1) is 18.2. The second-order valence-corrected chi connectivity index (χ2v) is 5.75. The molecule has 0 atom stereocenters. The van der Waals surface area contributed by atoms with Crippen molar-refractivity contribution in [1.82, 2.24) is 5.32 Å². The molecule has 22 heavy (non-hydrogen) atoms. The Balaban J connectivity index is 2.56. The summed E-state index contributed by atoms with van der Waals surface area (Å²) < 4.78 is 0. The molecule has 0 aliphatic rings. The van der Waals surface area contributed by atoms with Crippen LogP contribution < -0.4 is 10.2 Å². The summed E-state index contributed by atoms with van der Waals surface area (Å²) in [5.41, 5.74) is 3.20. The minimum absolute atomic E-state index is 0.00573. The van der Waals surface area contributed by atoms with Crippen molar-refractivity contribution >= 4 is 17.5 Å². The molecule has 0 unspecified atom stereocenters. The molecular formula is C18H28N2O2. The van der Waals surface area contributed by atoms with E-state index in [2.05, 4.69) is 12.2 Å². The van der Waals surface area contributed by atoms with E-state index in [1.54, 1.807) is 4.90 Å². The summed E-state index contributed by atoms with van der Waals surface area (Å²) in [5, 5.41) is 2.91. The minimum atomic E-state index is -0.0398. The third-order valence-corrected chi connectivity index (χ3v) is 3.85. The Kier molecular flexibility index (Phi) is 7.64. The summed E-state index contributed by atoms with van der Waals surface area (Å²) in [4.78, 5) is 25.3. The molecule has 0 saturated heterocycles. The topological polar surface area (TPSA) is 49.4 Å². The van der Waals surface area contributed by atoms with Crippen LogP contribution in [0, 0.1) is 13.8 Å². The maximum absolute atomic E-state index is 11.8. The number of nitrogens with one attached hydrogen (secondary N) is 1.